The van der Waals surface area contributed by atoms with Crippen LogP contribution in [0.1, 0.15) is 22.3 Å². The molecule has 0 radical (unpaired) electrons. The lowest BCUT2D eigenvalue weighted by molar-refractivity contribution is -0.0237. The van der Waals surface area contributed by atoms with Gasteiger partial charge in [0.15, 0.2) is 0 Å². The van der Waals surface area contributed by atoms with Crippen molar-refractivity contribution in [2.45, 2.75) is 11.2 Å². The molecule has 5 rings (SSSR count). The Morgan fingerprint density at radius 1 is 0.478 bits per heavy atom. The maximum atomic E-state index is 6.78. The summed E-state index contributed by atoms with van der Waals surface area (Å²) >= 11 is 0. The lowest BCUT2D eigenvalue weighted by Crippen LogP contribution is -2.25. The van der Waals surface area contributed by atoms with Gasteiger partial charge in [0.1, 0.15) is 11.2 Å². The Morgan fingerprint density at radius 3 is 1.30 bits per heavy atom. The molecule has 0 saturated carbocycles. The number of fused-ring (bicyclic) bond motifs is 5. The highest BCUT2D eigenvalue weighted by Crippen LogP contribution is 2.59. The molecule has 0 fully saturated rings. The normalized spacial score (nSPS) is 27.1. The van der Waals surface area contributed by atoms with Gasteiger partial charge in [-0.1, -0.05) is 84.9 Å². The predicted molar refractivity (Wildman–Crippen MR) is 91.1 cm³/mol. The first-order valence-corrected chi connectivity index (χ1v) is 7.97. The third kappa shape index (κ3) is 1.55. The van der Waals surface area contributed by atoms with E-state index in [4.69, 9.17) is 4.74 Å². The Bertz CT molecular complexity index is 823. The van der Waals surface area contributed by atoms with Crippen LogP contribution in [0.2, 0.25) is 0 Å². The van der Waals surface area contributed by atoms with Gasteiger partial charge in [-0.25, -0.2) is 0 Å². The van der Waals surface area contributed by atoms with Crippen LogP contribution in [0.25, 0.3) is 0 Å². The van der Waals surface area contributed by atoms with Gasteiger partial charge in [0, 0.05) is 0 Å². The van der Waals surface area contributed by atoms with E-state index in [1.165, 1.54) is 22.3 Å². The maximum absolute atomic E-state index is 6.78. The van der Waals surface area contributed by atoms with Gasteiger partial charge in [-0.3, -0.25) is 0 Å². The monoisotopic (exact) mass is 296 g/mol. The van der Waals surface area contributed by atoms with E-state index in [0.717, 1.165) is 0 Å². The molecule has 3 aromatic rings. The fourth-order valence-electron chi connectivity index (χ4n) is 3.97. The standard InChI is InChI=1S/C22H16O/c1-3-9-17(10-4-1)21-15-16-22(23-21,18-11-5-2-6-12-18)20-14-8-7-13-19(20)21/h1-16H. The summed E-state index contributed by atoms with van der Waals surface area (Å²) in [5.41, 5.74) is 3.90. The van der Waals surface area contributed by atoms with Crippen LogP contribution >= 0.6 is 0 Å². The van der Waals surface area contributed by atoms with E-state index in [-0.39, 0.29) is 0 Å². The Balaban J connectivity index is 1.80. The summed E-state index contributed by atoms with van der Waals surface area (Å²) in [5.74, 6) is 0. The quantitative estimate of drug-likeness (QED) is 0.619. The molecule has 1 nitrogen and oxygen atoms in total. The summed E-state index contributed by atoms with van der Waals surface area (Å²) in [4.78, 5) is 0. The van der Waals surface area contributed by atoms with Gasteiger partial charge in [0.25, 0.3) is 0 Å². The van der Waals surface area contributed by atoms with Crippen molar-refractivity contribution in [3.05, 3.63) is 119 Å². The van der Waals surface area contributed by atoms with Crippen molar-refractivity contribution in [1.29, 1.82) is 0 Å². The Kier molecular flexibility index (Phi) is 2.48. The van der Waals surface area contributed by atoms with Crippen molar-refractivity contribution in [3.63, 3.8) is 0 Å². The molecule has 110 valence electrons. The van der Waals surface area contributed by atoms with Crippen LogP contribution in [-0.4, -0.2) is 0 Å². The Hall–Kier alpha value is -2.64. The van der Waals surface area contributed by atoms with Crippen LogP contribution in [-0.2, 0) is 15.9 Å². The molecule has 2 aliphatic rings. The third-order valence-electron chi connectivity index (χ3n) is 5.01. The molecule has 2 aliphatic heterocycles. The third-order valence-corrected chi connectivity index (χ3v) is 5.01. The van der Waals surface area contributed by atoms with Crippen LogP contribution in [0.15, 0.2) is 97.1 Å². The molecule has 0 spiro atoms. The summed E-state index contributed by atoms with van der Waals surface area (Å²) in [6, 6.07) is 29.6. The second-order valence-electron chi connectivity index (χ2n) is 6.18. The second kappa shape index (κ2) is 4.43. The van der Waals surface area contributed by atoms with Gasteiger partial charge < -0.3 is 4.74 Å². The van der Waals surface area contributed by atoms with E-state index in [9.17, 15) is 0 Å². The van der Waals surface area contributed by atoms with E-state index in [2.05, 4.69) is 84.9 Å². The molecule has 3 aromatic carbocycles. The second-order valence-corrected chi connectivity index (χ2v) is 6.18. The number of rotatable bonds is 2. The van der Waals surface area contributed by atoms with Gasteiger partial charge in [-0.15, -0.1) is 0 Å². The topological polar surface area (TPSA) is 9.23 Å². The van der Waals surface area contributed by atoms with E-state index < -0.39 is 11.2 Å². The first kappa shape index (κ1) is 12.9. The predicted octanol–water partition coefficient (Wildman–Crippen LogP) is 4.77. The number of hydrogen-bond donors (Lipinski definition) is 0. The number of benzene rings is 3. The average Bonchev–Trinajstić information content (AvgIpc) is 3.19. The Morgan fingerprint density at radius 2 is 0.870 bits per heavy atom. The van der Waals surface area contributed by atoms with E-state index in [0.29, 0.717) is 0 Å². The van der Waals surface area contributed by atoms with Crippen LogP contribution in [0.4, 0.5) is 0 Å². The molecule has 2 heterocycles. The van der Waals surface area contributed by atoms with Gasteiger partial charge in [0.2, 0.25) is 0 Å². The van der Waals surface area contributed by atoms with Crippen molar-refractivity contribution >= 4 is 0 Å². The van der Waals surface area contributed by atoms with Crippen molar-refractivity contribution in [2.75, 3.05) is 0 Å². The van der Waals surface area contributed by atoms with Crippen molar-refractivity contribution in [2.24, 2.45) is 0 Å². The van der Waals surface area contributed by atoms with Crippen molar-refractivity contribution in [3.8, 4) is 0 Å². The van der Waals surface area contributed by atoms with Gasteiger partial charge in [-0.2, -0.15) is 0 Å². The lowest BCUT2D eigenvalue weighted by atomic mass is 9.76. The molecule has 23 heavy (non-hydrogen) atoms. The summed E-state index contributed by atoms with van der Waals surface area (Å²) in [7, 11) is 0. The highest BCUT2D eigenvalue weighted by atomic mass is 16.5. The summed E-state index contributed by atoms with van der Waals surface area (Å²) in [5, 5.41) is 0. The fourth-order valence-corrected chi connectivity index (χ4v) is 3.97. The highest BCUT2D eigenvalue weighted by Gasteiger charge is 2.57. The van der Waals surface area contributed by atoms with Crippen molar-refractivity contribution < 1.29 is 4.74 Å². The summed E-state index contributed by atoms with van der Waals surface area (Å²) in [6.07, 6.45) is 4.44. The zero-order chi connectivity index (χ0) is 15.3. The number of ether oxygens (including phenoxy) is 1. The molecule has 1 heteroatoms. The minimum Gasteiger partial charge on any atom is -0.341 e. The SMILES string of the molecule is C1=CC2(c3ccccc3)OC1(c1ccccc1)c1ccccc12. The van der Waals surface area contributed by atoms with E-state index in [1.54, 1.807) is 0 Å². The smallest absolute Gasteiger partial charge is 0.139 e. The molecule has 0 amide bonds. The molecule has 0 N–H and O–H groups in total. The minimum absolute atomic E-state index is 0.478. The molecule has 2 unspecified atom stereocenters. The first-order chi connectivity index (χ1) is 11.4. The van der Waals surface area contributed by atoms with Crippen LogP contribution < -0.4 is 0 Å². The minimum atomic E-state index is -0.478. The van der Waals surface area contributed by atoms with E-state index >= 15 is 0 Å². The molecule has 2 atom stereocenters. The average molecular weight is 296 g/mol. The molecular weight excluding hydrogens is 280 g/mol. The van der Waals surface area contributed by atoms with Gasteiger partial charge >= 0.3 is 0 Å². The zero-order valence-electron chi connectivity index (χ0n) is 12.6. The molecule has 2 bridgehead atoms. The molecule has 0 aliphatic carbocycles. The largest absolute Gasteiger partial charge is 0.341 e. The molecular formula is C22H16O. The van der Waals surface area contributed by atoms with Gasteiger partial charge in [-0.05, 0) is 34.4 Å². The van der Waals surface area contributed by atoms with Crippen molar-refractivity contribution in [1.82, 2.24) is 0 Å². The highest BCUT2D eigenvalue weighted by molar-refractivity contribution is 5.61. The Labute approximate surface area is 135 Å². The van der Waals surface area contributed by atoms with Gasteiger partial charge in [0.05, 0.1) is 0 Å². The van der Waals surface area contributed by atoms with Crippen LogP contribution in [0.5, 0.6) is 0 Å². The lowest BCUT2D eigenvalue weighted by Gasteiger charge is -2.26. The molecule has 0 saturated heterocycles. The first-order valence-electron chi connectivity index (χ1n) is 7.97. The molecule has 0 aromatic heterocycles. The fraction of sp³-hybridized carbons (Fsp3) is 0.0909. The summed E-state index contributed by atoms with van der Waals surface area (Å²) in [6.45, 7) is 0. The van der Waals surface area contributed by atoms with Crippen LogP contribution in [0, 0.1) is 0 Å². The number of hydrogen-bond acceptors (Lipinski definition) is 1. The summed E-state index contributed by atoms with van der Waals surface area (Å²) < 4.78 is 6.78. The maximum Gasteiger partial charge on any atom is 0.139 e. The van der Waals surface area contributed by atoms with E-state index in [1.807, 2.05) is 12.1 Å². The van der Waals surface area contributed by atoms with Crippen LogP contribution in [0.3, 0.4) is 0 Å². The zero-order valence-corrected chi connectivity index (χ0v) is 12.6.